The van der Waals surface area contributed by atoms with Crippen LogP contribution in [0, 0.1) is 0 Å². The summed E-state index contributed by atoms with van der Waals surface area (Å²) in [6, 6.07) is 20.3. The number of nitrogens with one attached hydrogen (secondary N) is 2. The molecule has 0 bridgehead atoms. The normalized spacial score (nSPS) is 16.2. The van der Waals surface area contributed by atoms with E-state index in [-0.39, 0.29) is 29.6 Å². The van der Waals surface area contributed by atoms with Crippen molar-refractivity contribution in [1.82, 2.24) is 20.1 Å². The Morgan fingerprint density at radius 1 is 0.927 bits per heavy atom. The van der Waals surface area contributed by atoms with Gasteiger partial charge in [-0.3, -0.25) is 24.3 Å². The molecule has 3 aromatic carbocycles. The lowest BCUT2D eigenvalue weighted by atomic mass is 10.0. The van der Waals surface area contributed by atoms with Gasteiger partial charge in [-0.05, 0) is 79.1 Å². The molecule has 14 heteroatoms. The van der Waals surface area contributed by atoms with Crippen molar-refractivity contribution in [2.75, 3.05) is 76.9 Å². The fourth-order valence-electron chi connectivity index (χ4n) is 6.86. The Balaban J connectivity index is 1.23. The van der Waals surface area contributed by atoms with Crippen molar-refractivity contribution in [2.24, 2.45) is 0 Å². The molecule has 2 N–H and O–H groups in total. The highest BCUT2D eigenvalue weighted by molar-refractivity contribution is 6.08. The lowest BCUT2D eigenvalue weighted by molar-refractivity contribution is -0.137. The fourth-order valence-corrected chi connectivity index (χ4v) is 6.86. The molecule has 1 atom stereocenters. The van der Waals surface area contributed by atoms with Crippen molar-refractivity contribution >= 4 is 29.1 Å². The summed E-state index contributed by atoms with van der Waals surface area (Å²) in [7, 11) is 3.41. The number of likely N-dealkylation sites (N-methyl/N-ethyl adjacent to an activating group) is 1. The number of morpholine rings is 1. The molecule has 11 nitrogen and oxygen atoms in total. The first-order valence-corrected chi connectivity index (χ1v) is 18.3. The molecule has 6 rings (SSSR count). The number of hydrogen-bond acceptors (Lipinski definition) is 8. The maximum atomic E-state index is 13.8. The average Bonchev–Trinajstić information content (AvgIpc) is 3.67. The number of nitrogens with zero attached hydrogens (tertiary/aromatic N) is 4. The van der Waals surface area contributed by atoms with Crippen LogP contribution in [0.2, 0.25) is 0 Å². The van der Waals surface area contributed by atoms with Crippen LogP contribution in [0.4, 0.5) is 24.5 Å². The zero-order valence-electron chi connectivity index (χ0n) is 30.9. The third-order valence-corrected chi connectivity index (χ3v) is 9.90. The maximum absolute atomic E-state index is 13.8. The number of anilines is 2. The lowest BCUT2D eigenvalue weighted by Crippen LogP contribution is -2.41. The molecule has 0 spiro atoms. The summed E-state index contributed by atoms with van der Waals surface area (Å²) in [6.45, 7) is 5.49. The Morgan fingerprint density at radius 2 is 1.69 bits per heavy atom. The van der Waals surface area contributed by atoms with Gasteiger partial charge in [0.25, 0.3) is 17.7 Å². The number of rotatable bonds is 13. The number of carbonyl (C=O) groups is 3. The number of methoxy groups -OCH3 is 1. The Hall–Kier alpha value is -5.31. The Bertz CT molecular complexity index is 1990. The topological polar surface area (TPSA) is 116 Å². The molecule has 290 valence electrons. The summed E-state index contributed by atoms with van der Waals surface area (Å²) in [5.41, 5.74) is 2.70. The van der Waals surface area contributed by atoms with Gasteiger partial charge in [0.1, 0.15) is 0 Å². The van der Waals surface area contributed by atoms with Gasteiger partial charge in [-0.25, -0.2) is 0 Å². The van der Waals surface area contributed by atoms with Crippen LogP contribution in [0.25, 0.3) is 11.3 Å². The highest BCUT2D eigenvalue weighted by atomic mass is 19.4. The van der Waals surface area contributed by atoms with E-state index in [4.69, 9.17) is 9.47 Å². The molecule has 3 amide bonds. The van der Waals surface area contributed by atoms with E-state index in [1.807, 2.05) is 12.1 Å². The van der Waals surface area contributed by atoms with Crippen LogP contribution in [-0.2, 0) is 22.2 Å². The zero-order valence-corrected chi connectivity index (χ0v) is 30.9. The van der Waals surface area contributed by atoms with E-state index in [0.717, 1.165) is 56.8 Å². The number of ether oxygens (including phenoxy) is 2. The van der Waals surface area contributed by atoms with Crippen LogP contribution in [0.1, 0.15) is 55.0 Å². The second-order valence-electron chi connectivity index (χ2n) is 13.7. The van der Waals surface area contributed by atoms with Gasteiger partial charge in [-0.1, -0.05) is 18.2 Å². The number of pyridine rings is 1. The SMILES string of the molecule is COCC1CCCN1c1ccc(NC(=O)c2cccc(C(=O)N(C)CCN3CCOCC3)c2)c(-c2cc(C(=O)NCc3cccc(C(F)(F)F)c3)ccn2)c1. The second kappa shape index (κ2) is 17.9. The van der Waals surface area contributed by atoms with Gasteiger partial charge in [0.2, 0.25) is 0 Å². The van der Waals surface area contributed by atoms with E-state index in [1.54, 1.807) is 55.5 Å². The minimum atomic E-state index is -4.50. The number of aromatic nitrogens is 1. The molecule has 2 aliphatic heterocycles. The van der Waals surface area contributed by atoms with Crippen LogP contribution in [0.3, 0.4) is 0 Å². The van der Waals surface area contributed by atoms with Crippen molar-refractivity contribution in [2.45, 2.75) is 31.6 Å². The van der Waals surface area contributed by atoms with E-state index >= 15 is 0 Å². The minimum absolute atomic E-state index is 0.113. The Morgan fingerprint density at radius 3 is 2.47 bits per heavy atom. The molecule has 2 saturated heterocycles. The Kier molecular flexibility index (Phi) is 12.8. The van der Waals surface area contributed by atoms with Gasteiger partial charge in [-0.15, -0.1) is 0 Å². The number of carbonyl (C=O) groups excluding carboxylic acids is 3. The second-order valence-corrected chi connectivity index (χ2v) is 13.7. The molecule has 0 aliphatic carbocycles. The number of benzene rings is 3. The molecule has 55 heavy (non-hydrogen) atoms. The van der Waals surface area contributed by atoms with Crippen LogP contribution in [0.15, 0.2) is 85.1 Å². The number of hydrogen-bond donors (Lipinski definition) is 2. The first-order chi connectivity index (χ1) is 26.5. The average molecular weight is 759 g/mol. The summed E-state index contributed by atoms with van der Waals surface area (Å²) in [6.07, 6.45) is -1.08. The highest BCUT2D eigenvalue weighted by Gasteiger charge is 2.30. The van der Waals surface area contributed by atoms with E-state index in [1.165, 1.54) is 24.4 Å². The molecule has 0 saturated carbocycles. The monoisotopic (exact) mass is 758 g/mol. The highest BCUT2D eigenvalue weighted by Crippen LogP contribution is 2.35. The molecule has 4 aromatic rings. The largest absolute Gasteiger partial charge is 0.416 e. The molecular weight excluding hydrogens is 713 g/mol. The van der Waals surface area contributed by atoms with E-state index in [2.05, 4.69) is 25.4 Å². The molecule has 0 radical (unpaired) electrons. The van der Waals surface area contributed by atoms with E-state index in [9.17, 15) is 27.6 Å². The molecule has 3 heterocycles. The summed E-state index contributed by atoms with van der Waals surface area (Å²) >= 11 is 0. The minimum Gasteiger partial charge on any atom is -0.383 e. The first-order valence-electron chi connectivity index (χ1n) is 18.3. The van der Waals surface area contributed by atoms with Gasteiger partial charge < -0.3 is 29.9 Å². The fraction of sp³-hybridized carbons (Fsp3) is 0.366. The first kappa shape index (κ1) is 39.4. The standard InChI is InChI=1S/C41H45F3N6O5/c1-48(16-17-49-18-20-55-21-19-49)40(53)31-8-4-7-29(23-31)39(52)47-36-12-11-33(50-15-5-10-34(50)27-54-2)25-35(36)37-24-30(13-14-45-37)38(51)46-26-28-6-3-9-32(22-28)41(42,43)44/h3-4,6-9,11-14,22-25,34H,5,10,15-21,26-27H2,1-2H3,(H,46,51)(H,47,52). The number of amides is 3. The van der Waals surface area contributed by atoms with Crippen molar-refractivity contribution in [3.8, 4) is 11.3 Å². The van der Waals surface area contributed by atoms with E-state index in [0.29, 0.717) is 54.4 Å². The molecule has 1 unspecified atom stereocenters. The maximum Gasteiger partial charge on any atom is 0.416 e. The van der Waals surface area contributed by atoms with Gasteiger partial charge in [0.15, 0.2) is 0 Å². The molecular formula is C41H45F3N6O5. The summed E-state index contributed by atoms with van der Waals surface area (Å²) in [5, 5.41) is 5.70. The lowest BCUT2D eigenvalue weighted by Gasteiger charge is -2.28. The number of alkyl halides is 3. The third kappa shape index (κ3) is 10.1. The van der Waals surface area contributed by atoms with Crippen molar-refractivity contribution in [3.05, 3.63) is 113 Å². The number of halogens is 3. The predicted octanol–water partition coefficient (Wildman–Crippen LogP) is 5.97. The van der Waals surface area contributed by atoms with Crippen molar-refractivity contribution in [1.29, 1.82) is 0 Å². The quantitative estimate of drug-likeness (QED) is 0.172. The van der Waals surface area contributed by atoms with Gasteiger partial charge in [-0.2, -0.15) is 13.2 Å². The Labute approximate surface area is 318 Å². The smallest absolute Gasteiger partial charge is 0.383 e. The van der Waals surface area contributed by atoms with Crippen LogP contribution in [0.5, 0.6) is 0 Å². The van der Waals surface area contributed by atoms with Gasteiger partial charge in [0.05, 0.1) is 42.8 Å². The summed E-state index contributed by atoms with van der Waals surface area (Å²) in [5.74, 6) is -1.14. The van der Waals surface area contributed by atoms with Crippen molar-refractivity contribution < 1.29 is 37.0 Å². The van der Waals surface area contributed by atoms with Crippen LogP contribution in [-0.4, -0.2) is 105 Å². The predicted molar refractivity (Wildman–Crippen MR) is 203 cm³/mol. The third-order valence-electron chi connectivity index (χ3n) is 9.90. The molecule has 2 aliphatic rings. The van der Waals surface area contributed by atoms with Crippen molar-refractivity contribution in [3.63, 3.8) is 0 Å². The molecule has 2 fully saturated rings. The zero-order chi connectivity index (χ0) is 39.0. The van der Waals surface area contributed by atoms with Crippen LogP contribution >= 0.6 is 0 Å². The van der Waals surface area contributed by atoms with Crippen LogP contribution < -0.4 is 15.5 Å². The summed E-state index contributed by atoms with van der Waals surface area (Å²) in [4.78, 5) is 51.1. The van der Waals surface area contributed by atoms with E-state index < -0.39 is 23.6 Å². The molecule has 1 aromatic heterocycles. The van der Waals surface area contributed by atoms with Gasteiger partial charge in [0, 0.05) is 87.6 Å². The van der Waals surface area contributed by atoms with Gasteiger partial charge >= 0.3 is 6.18 Å². The summed E-state index contributed by atoms with van der Waals surface area (Å²) < 4.78 is 50.6.